The molecule has 0 spiro atoms. The van der Waals surface area contributed by atoms with E-state index in [1.807, 2.05) is 12.3 Å². The fraction of sp³-hybridized carbons (Fsp3) is 0.643. The summed E-state index contributed by atoms with van der Waals surface area (Å²) in [6.07, 6.45) is 2.97. The number of pyridine rings is 1. The Kier molecular flexibility index (Phi) is 3.12. The number of hydrogen-bond acceptors (Lipinski definition) is 3. The van der Waals surface area contributed by atoms with Crippen molar-refractivity contribution in [2.24, 2.45) is 11.8 Å². The molecule has 3 atom stereocenters. The van der Waals surface area contributed by atoms with Gasteiger partial charge in [-0.25, -0.2) is 0 Å². The lowest BCUT2D eigenvalue weighted by atomic mass is 9.95. The van der Waals surface area contributed by atoms with Crippen LogP contribution in [0.2, 0.25) is 0 Å². The maximum absolute atomic E-state index is 4.40. The summed E-state index contributed by atoms with van der Waals surface area (Å²) in [6, 6.07) is 6.92. The molecule has 1 aromatic rings. The van der Waals surface area contributed by atoms with E-state index in [0.717, 1.165) is 30.8 Å². The van der Waals surface area contributed by atoms with Gasteiger partial charge in [0.25, 0.3) is 0 Å². The first kappa shape index (κ1) is 11.2. The van der Waals surface area contributed by atoms with Crippen molar-refractivity contribution < 1.29 is 0 Å². The first-order valence-corrected chi connectivity index (χ1v) is 6.69. The van der Waals surface area contributed by atoms with Crippen LogP contribution in [0.4, 0.5) is 0 Å². The second kappa shape index (κ2) is 4.75. The summed E-state index contributed by atoms with van der Waals surface area (Å²) in [5.74, 6) is 1.76. The first-order chi connectivity index (χ1) is 8.34. The normalized spacial score (nSPS) is 32.9. The molecule has 3 heterocycles. The summed E-state index contributed by atoms with van der Waals surface area (Å²) in [6.45, 7) is 7.24. The molecule has 17 heavy (non-hydrogen) atoms. The predicted octanol–water partition coefficient (Wildman–Crippen LogP) is 1.16. The van der Waals surface area contributed by atoms with Crippen molar-refractivity contribution in [2.75, 3.05) is 26.2 Å². The third-order valence-corrected chi connectivity index (χ3v) is 4.44. The molecule has 0 aliphatic carbocycles. The lowest BCUT2D eigenvalue weighted by Gasteiger charge is -2.23. The molecule has 1 aromatic heterocycles. The summed E-state index contributed by atoms with van der Waals surface area (Å²) in [7, 11) is 0. The fourth-order valence-corrected chi connectivity index (χ4v) is 3.36. The Labute approximate surface area is 103 Å². The molecule has 0 aromatic carbocycles. The smallest absolute Gasteiger partial charge is 0.0416 e. The van der Waals surface area contributed by atoms with Crippen LogP contribution in [0.1, 0.15) is 12.6 Å². The Bertz CT molecular complexity index is 365. The molecule has 1 N–H and O–H groups in total. The maximum Gasteiger partial charge on any atom is 0.0416 e. The number of nitrogens with zero attached hydrogens (tertiary/aromatic N) is 2. The second-order valence-electron chi connectivity index (χ2n) is 5.39. The molecule has 92 valence electrons. The molecule has 0 amide bonds. The largest absolute Gasteiger partial charge is 0.316 e. The molecule has 0 bridgehead atoms. The van der Waals surface area contributed by atoms with Gasteiger partial charge in [-0.3, -0.25) is 9.88 Å². The minimum Gasteiger partial charge on any atom is -0.316 e. The van der Waals surface area contributed by atoms with E-state index in [9.17, 15) is 0 Å². The van der Waals surface area contributed by atoms with Crippen LogP contribution in [0.5, 0.6) is 0 Å². The van der Waals surface area contributed by atoms with Crippen LogP contribution in [0, 0.1) is 11.8 Å². The van der Waals surface area contributed by atoms with E-state index in [4.69, 9.17) is 0 Å². The van der Waals surface area contributed by atoms with Gasteiger partial charge in [-0.2, -0.15) is 0 Å². The number of rotatable bonds is 3. The summed E-state index contributed by atoms with van der Waals surface area (Å²) in [4.78, 5) is 7.04. The van der Waals surface area contributed by atoms with Gasteiger partial charge in [0.15, 0.2) is 0 Å². The highest BCUT2D eigenvalue weighted by atomic mass is 15.2. The van der Waals surface area contributed by atoms with Crippen LogP contribution in [-0.2, 0) is 6.42 Å². The summed E-state index contributed by atoms with van der Waals surface area (Å²) < 4.78 is 0. The average Bonchev–Trinajstić information content (AvgIpc) is 2.92. The lowest BCUT2D eigenvalue weighted by Crippen LogP contribution is -2.34. The molecular weight excluding hydrogens is 210 g/mol. The third kappa shape index (κ3) is 2.22. The Morgan fingerprint density at radius 3 is 3.12 bits per heavy atom. The SMILES string of the molecule is CC1C2CNCC2CN1CCc1ccccn1. The van der Waals surface area contributed by atoms with Crippen molar-refractivity contribution in [2.45, 2.75) is 19.4 Å². The Balaban J connectivity index is 1.56. The van der Waals surface area contributed by atoms with Gasteiger partial charge < -0.3 is 5.32 Å². The lowest BCUT2D eigenvalue weighted by molar-refractivity contribution is 0.242. The average molecular weight is 231 g/mol. The third-order valence-electron chi connectivity index (χ3n) is 4.44. The number of likely N-dealkylation sites (tertiary alicyclic amines) is 1. The van der Waals surface area contributed by atoms with Gasteiger partial charge in [0, 0.05) is 37.4 Å². The van der Waals surface area contributed by atoms with E-state index in [1.54, 1.807) is 0 Å². The fourth-order valence-electron chi connectivity index (χ4n) is 3.36. The standard InChI is InChI=1S/C14H21N3/c1-11-14-9-15-8-12(14)10-17(11)7-5-13-4-2-3-6-16-13/h2-4,6,11-12,14-15H,5,7-10H2,1H3. The molecule has 2 aliphatic heterocycles. The highest BCUT2D eigenvalue weighted by Crippen LogP contribution is 2.32. The van der Waals surface area contributed by atoms with E-state index in [0.29, 0.717) is 0 Å². The second-order valence-corrected chi connectivity index (χ2v) is 5.39. The van der Waals surface area contributed by atoms with Crippen LogP contribution >= 0.6 is 0 Å². The molecule has 2 saturated heterocycles. The molecule has 2 aliphatic rings. The maximum atomic E-state index is 4.40. The van der Waals surface area contributed by atoms with E-state index >= 15 is 0 Å². The van der Waals surface area contributed by atoms with Crippen LogP contribution < -0.4 is 5.32 Å². The Hall–Kier alpha value is -0.930. The first-order valence-electron chi connectivity index (χ1n) is 6.69. The quantitative estimate of drug-likeness (QED) is 0.846. The minimum absolute atomic E-state index is 0.735. The van der Waals surface area contributed by atoms with Crippen molar-refractivity contribution >= 4 is 0 Å². The van der Waals surface area contributed by atoms with Gasteiger partial charge >= 0.3 is 0 Å². The highest BCUT2D eigenvalue weighted by molar-refractivity contribution is 5.05. The van der Waals surface area contributed by atoms with Gasteiger partial charge in [-0.15, -0.1) is 0 Å². The summed E-state index contributed by atoms with van der Waals surface area (Å²) in [5.41, 5.74) is 1.22. The minimum atomic E-state index is 0.735. The van der Waals surface area contributed by atoms with Crippen molar-refractivity contribution in [3.05, 3.63) is 30.1 Å². The zero-order valence-electron chi connectivity index (χ0n) is 10.5. The molecular formula is C14H21N3. The topological polar surface area (TPSA) is 28.2 Å². The van der Waals surface area contributed by atoms with Gasteiger partial charge in [0.1, 0.15) is 0 Å². The van der Waals surface area contributed by atoms with E-state index in [-0.39, 0.29) is 0 Å². The van der Waals surface area contributed by atoms with E-state index < -0.39 is 0 Å². The van der Waals surface area contributed by atoms with Crippen LogP contribution in [0.15, 0.2) is 24.4 Å². The van der Waals surface area contributed by atoms with E-state index in [2.05, 4.69) is 34.3 Å². The van der Waals surface area contributed by atoms with Crippen LogP contribution in [-0.4, -0.2) is 42.1 Å². The predicted molar refractivity (Wildman–Crippen MR) is 68.8 cm³/mol. The molecule has 3 nitrogen and oxygen atoms in total. The van der Waals surface area contributed by atoms with Gasteiger partial charge in [-0.05, 0) is 44.0 Å². The number of hydrogen-bond donors (Lipinski definition) is 1. The van der Waals surface area contributed by atoms with Gasteiger partial charge in [-0.1, -0.05) is 6.07 Å². The van der Waals surface area contributed by atoms with Crippen molar-refractivity contribution in [1.29, 1.82) is 0 Å². The Morgan fingerprint density at radius 1 is 1.41 bits per heavy atom. The molecule has 3 heteroatoms. The summed E-state index contributed by atoms with van der Waals surface area (Å²) >= 11 is 0. The molecule has 3 unspecified atom stereocenters. The molecule has 2 fully saturated rings. The van der Waals surface area contributed by atoms with Crippen molar-refractivity contribution in [3.8, 4) is 0 Å². The zero-order chi connectivity index (χ0) is 11.7. The number of aromatic nitrogens is 1. The van der Waals surface area contributed by atoms with Crippen LogP contribution in [0.3, 0.4) is 0 Å². The van der Waals surface area contributed by atoms with E-state index in [1.165, 1.54) is 25.3 Å². The summed E-state index contributed by atoms with van der Waals surface area (Å²) in [5, 5.41) is 3.51. The van der Waals surface area contributed by atoms with Crippen molar-refractivity contribution in [3.63, 3.8) is 0 Å². The highest BCUT2D eigenvalue weighted by Gasteiger charge is 2.41. The zero-order valence-corrected chi connectivity index (χ0v) is 10.5. The number of nitrogens with one attached hydrogen (secondary N) is 1. The molecule has 0 radical (unpaired) electrons. The number of fused-ring (bicyclic) bond motifs is 1. The van der Waals surface area contributed by atoms with Gasteiger partial charge in [0.2, 0.25) is 0 Å². The molecule has 3 rings (SSSR count). The Morgan fingerprint density at radius 2 is 2.35 bits per heavy atom. The molecule has 0 saturated carbocycles. The van der Waals surface area contributed by atoms with Crippen LogP contribution in [0.25, 0.3) is 0 Å². The van der Waals surface area contributed by atoms with Crippen molar-refractivity contribution in [1.82, 2.24) is 15.2 Å². The monoisotopic (exact) mass is 231 g/mol. The van der Waals surface area contributed by atoms with Gasteiger partial charge in [0.05, 0.1) is 0 Å².